The first-order valence-electron chi connectivity index (χ1n) is 9.73. The van der Waals surface area contributed by atoms with Crippen LogP contribution in [0.2, 0.25) is 0 Å². The summed E-state index contributed by atoms with van der Waals surface area (Å²) in [6.45, 7) is -1.73. The number of ether oxygens (including phenoxy) is 1. The summed E-state index contributed by atoms with van der Waals surface area (Å²) in [4.78, 5) is 29.8. The fourth-order valence-electron chi connectivity index (χ4n) is 3.37. The normalized spacial score (nSPS) is 15.3. The van der Waals surface area contributed by atoms with Gasteiger partial charge in [-0.05, 0) is 18.9 Å². The maximum atomic E-state index is 13.7. The Kier molecular flexibility index (Phi) is 7.36. The van der Waals surface area contributed by atoms with E-state index in [4.69, 9.17) is 0 Å². The summed E-state index contributed by atoms with van der Waals surface area (Å²) in [5.74, 6) is -0.459. The molecule has 0 unspecified atom stereocenters. The van der Waals surface area contributed by atoms with Crippen LogP contribution in [-0.2, 0) is 10.9 Å². The van der Waals surface area contributed by atoms with E-state index >= 15 is 0 Å². The summed E-state index contributed by atoms with van der Waals surface area (Å²) in [6.07, 6.45) is -6.33. The van der Waals surface area contributed by atoms with Crippen molar-refractivity contribution in [2.75, 3.05) is 38.4 Å². The van der Waals surface area contributed by atoms with Gasteiger partial charge in [0.15, 0.2) is 6.10 Å². The number of alkyl carbamates (subject to hydrolysis) is 1. The Hall–Kier alpha value is -2.70. The van der Waals surface area contributed by atoms with Crippen molar-refractivity contribution in [3.63, 3.8) is 0 Å². The molecule has 3 heterocycles. The Bertz CT molecular complexity index is 972. The molecule has 1 aliphatic heterocycles. The van der Waals surface area contributed by atoms with Crippen molar-refractivity contribution in [1.29, 1.82) is 0 Å². The van der Waals surface area contributed by atoms with E-state index < -0.39 is 43.2 Å². The number of alkyl halides is 5. The molecule has 3 rings (SSSR count). The Morgan fingerprint density at radius 1 is 1.28 bits per heavy atom. The molecule has 0 aromatic carbocycles. The SMILES string of the molecule is CNC(=O)c1csc2c(C(F)(F)F)cc(N3CCC(NC(=O)OC(CF)CF)CC3)nc12. The second kappa shape index (κ2) is 9.84. The van der Waals surface area contributed by atoms with E-state index in [-0.39, 0.29) is 40.7 Å². The van der Waals surface area contributed by atoms with Gasteiger partial charge >= 0.3 is 12.3 Å². The zero-order chi connectivity index (χ0) is 23.5. The van der Waals surface area contributed by atoms with Crippen LogP contribution in [0.25, 0.3) is 10.2 Å². The quantitative estimate of drug-likeness (QED) is 0.617. The Morgan fingerprint density at radius 3 is 2.50 bits per heavy atom. The van der Waals surface area contributed by atoms with Crippen LogP contribution in [0.5, 0.6) is 0 Å². The molecule has 1 saturated heterocycles. The first-order chi connectivity index (χ1) is 15.2. The monoisotopic (exact) mass is 480 g/mol. The predicted molar refractivity (Wildman–Crippen MR) is 109 cm³/mol. The number of rotatable bonds is 6. The van der Waals surface area contributed by atoms with Crippen molar-refractivity contribution >= 4 is 39.4 Å². The highest BCUT2D eigenvalue weighted by atomic mass is 32.1. The highest BCUT2D eigenvalue weighted by molar-refractivity contribution is 7.17. The van der Waals surface area contributed by atoms with Crippen molar-refractivity contribution in [2.24, 2.45) is 0 Å². The van der Waals surface area contributed by atoms with Gasteiger partial charge in [0.25, 0.3) is 5.91 Å². The molecular formula is C19H21F5N4O3S. The molecular weight excluding hydrogens is 459 g/mol. The van der Waals surface area contributed by atoms with Crippen LogP contribution in [0.4, 0.5) is 32.6 Å². The number of nitrogens with zero attached hydrogens (tertiary/aromatic N) is 2. The van der Waals surface area contributed by atoms with Crippen LogP contribution in [0.3, 0.4) is 0 Å². The number of aromatic nitrogens is 1. The van der Waals surface area contributed by atoms with Gasteiger partial charge in [-0.3, -0.25) is 4.79 Å². The predicted octanol–water partition coefficient (Wildman–Crippen LogP) is 3.68. The topological polar surface area (TPSA) is 83.6 Å². The molecule has 0 aliphatic carbocycles. The Labute approximate surface area is 183 Å². The molecule has 7 nitrogen and oxygen atoms in total. The van der Waals surface area contributed by atoms with E-state index in [1.165, 1.54) is 12.4 Å². The number of anilines is 1. The third-order valence-corrected chi connectivity index (χ3v) is 6.05. The number of hydrogen-bond donors (Lipinski definition) is 2. The van der Waals surface area contributed by atoms with E-state index in [1.54, 1.807) is 4.90 Å². The molecule has 2 aromatic heterocycles. The summed E-state index contributed by atoms with van der Waals surface area (Å²) < 4.78 is 70.5. The van der Waals surface area contributed by atoms with Crippen LogP contribution < -0.4 is 15.5 Å². The lowest BCUT2D eigenvalue weighted by atomic mass is 10.0. The fourth-order valence-corrected chi connectivity index (χ4v) is 4.40. The average Bonchev–Trinajstić information content (AvgIpc) is 3.20. The van der Waals surface area contributed by atoms with Gasteiger partial charge in [0.1, 0.15) is 19.2 Å². The molecule has 2 N–H and O–H groups in total. The number of carbonyl (C=O) groups is 2. The van der Waals surface area contributed by atoms with Crippen LogP contribution >= 0.6 is 11.3 Å². The molecule has 0 radical (unpaired) electrons. The molecule has 0 atom stereocenters. The maximum Gasteiger partial charge on any atom is 0.417 e. The molecule has 2 amide bonds. The number of carbonyl (C=O) groups excluding carboxylic acids is 2. The minimum Gasteiger partial charge on any atom is -0.441 e. The Morgan fingerprint density at radius 2 is 1.94 bits per heavy atom. The number of halogens is 5. The lowest BCUT2D eigenvalue weighted by Crippen LogP contribution is -2.46. The second-order valence-electron chi connectivity index (χ2n) is 7.17. The maximum absolute atomic E-state index is 13.7. The molecule has 1 aliphatic rings. The van der Waals surface area contributed by atoms with Crippen LogP contribution in [0.15, 0.2) is 11.4 Å². The first-order valence-corrected chi connectivity index (χ1v) is 10.6. The molecule has 2 aromatic rings. The average molecular weight is 480 g/mol. The smallest absolute Gasteiger partial charge is 0.417 e. The van der Waals surface area contributed by atoms with Crippen molar-refractivity contribution < 1.29 is 36.3 Å². The highest BCUT2D eigenvalue weighted by Gasteiger charge is 2.36. The lowest BCUT2D eigenvalue weighted by molar-refractivity contribution is -0.136. The number of fused-ring (bicyclic) bond motifs is 1. The summed E-state index contributed by atoms with van der Waals surface area (Å²) in [5.41, 5.74) is -0.828. The standard InChI is InChI=1S/C19H21F5N4O3S/c1-25-17(29)12-9-32-16-13(19(22,23)24)6-14(27-15(12)16)28-4-2-10(3-5-28)26-18(30)31-11(7-20)8-21/h6,9-11H,2-5,7-8H2,1H3,(H,25,29)(H,26,30). The van der Waals surface area contributed by atoms with Gasteiger partial charge in [0, 0.05) is 31.6 Å². The number of thiophene rings is 1. The van der Waals surface area contributed by atoms with E-state index in [0.29, 0.717) is 12.8 Å². The van der Waals surface area contributed by atoms with Gasteiger partial charge < -0.3 is 20.3 Å². The molecule has 0 spiro atoms. The molecule has 0 bridgehead atoms. The van der Waals surface area contributed by atoms with Crippen LogP contribution in [0, 0.1) is 0 Å². The molecule has 13 heteroatoms. The number of piperidine rings is 1. The Balaban J connectivity index is 1.77. The molecule has 0 saturated carbocycles. The van der Waals surface area contributed by atoms with Crippen molar-refractivity contribution in [1.82, 2.24) is 15.6 Å². The lowest BCUT2D eigenvalue weighted by Gasteiger charge is -2.33. The third kappa shape index (κ3) is 5.19. The number of pyridine rings is 1. The minimum atomic E-state index is -4.63. The number of hydrogen-bond acceptors (Lipinski definition) is 6. The van der Waals surface area contributed by atoms with Gasteiger partial charge in [-0.2, -0.15) is 13.2 Å². The van der Waals surface area contributed by atoms with E-state index in [0.717, 1.165) is 17.4 Å². The summed E-state index contributed by atoms with van der Waals surface area (Å²) in [7, 11) is 1.38. The summed E-state index contributed by atoms with van der Waals surface area (Å²) in [5, 5.41) is 6.25. The largest absolute Gasteiger partial charge is 0.441 e. The zero-order valence-electron chi connectivity index (χ0n) is 17.0. The van der Waals surface area contributed by atoms with E-state index in [1.807, 2.05) is 0 Å². The molecule has 176 valence electrons. The second-order valence-corrected chi connectivity index (χ2v) is 8.05. The zero-order valence-corrected chi connectivity index (χ0v) is 17.8. The third-order valence-electron chi connectivity index (χ3n) is 5.05. The van der Waals surface area contributed by atoms with Gasteiger partial charge in [0.2, 0.25) is 0 Å². The fraction of sp³-hybridized carbons (Fsp3) is 0.526. The first kappa shape index (κ1) is 24.0. The van der Waals surface area contributed by atoms with Gasteiger partial charge in [-0.25, -0.2) is 18.6 Å². The van der Waals surface area contributed by atoms with Crippen molar-refractivity contribution in [2.45, 2.75) is 31.2 Å². The van der Waals surface area contributed by atoms with Crippen molar-refractivity contribution in [3.05, 3.63) is 22.6 Å². The highest BCUT2D eigenvalue weighted by Crippen LogP contribution is 2.40. The minimum absolute atomic E-state index is 0.0218. The van der Waals surface area contributed by atoms with Crippen LogP contribution in [0.1, 0.15) is 28.8 Å². The van der Waals surface area contributed by atoms with E-state index in [2.05, 4.69) is 20.4 Å². The van der Waals surface area contributed by atoms with Crippen LogP contribution in [-0.4, -0.2) is 62.6 Å². The number of nitrogens with one attached hydrogen (secondary N) is 2. The van der Waals surface area contributed by atoms with Gasteiger partial charge in [-0.1, -0.05) is 0 Å². The number of amides is 2. The summed E-state index contributed by atoms with van der Waals surface area (Å²) >= 11 is 0.806. The molecule has 1 fully saturated rings. The molecule has 32 heavy (non-hydrogen) atoms. The van der Waals surface area contributed by atoms with Gasteiger partial charge in [-0.15, -0.1) is 11.3 Å². The van der Waals surface area contributed by atoms with Crippen molar-refractivity contribution in [3.8, 4) is 0 Å². The summed E-state index contributed by atoms with van der Waals surface area (Å²) in [6, 6.07) is 0.591. The van der Waals surface area contributed by atoms with E-state index in [9.17, 15) is 31.5 Å². The van der Waals surface area contributed by atoms with Gasteiger partial charge in [0.05, 0.1) is 21.3 Å².